The van der Waals surface area contributed by atoms with Crippen molar-refractivity contribution in [1.82, 2.24) is 31.4 Å². The van der Waals surface area contributed by atoms with Crippen molar-refractivity contribution < 1.29 is 52.1 Å². The number of aliphatic hydroxyl groups excluding tert-OH is 1. The fourth-order valence-corrected chi connectivity index (χ4v) is 7.46. The van der Waals surface area contributed by atoms with Crippen LogP contribution in [0.15, 0.2) is 72.9 Å². The second-order valence-electron chi connectivity index (χ2n) is 16.4. The molecule has 0 aliphatic carbocycles. The molecule has 61 heavy (non-hydrogen) atoms. The van der Waals surface area contributed by atoms with Crippen LogP contribution in [0.4, 0.5) is 9.59 Å². The summed E-state index contributed by atoms with van der Waals surface area (Å²) in [6, 6.07) is 16.8. The summed E-state index contributed by atoms with van der Waals surface area (Å²) < 4.78 is 38.9. The summed E-state index contributed by atoms with van der Waals surface area (Å²) in [4.78, 5) is 57.1. The van der Waals surface area contributed by atoms with Crippen LogP contribution in [-0.2, 0) is 45.6 Å². The van der Waals surface area contributed by atoms with E-state index in [9.17, 15) is 28.8 Å². The van der Waals surface area contributed by atoms with Crippen molar-refractivity contribution in [2.24, 2.45) is 10.8 Å². The summed E-state index contributed by atoms with van der Waals surface area (Å²) in [6.07, 6.45) is -1.44. The average Bonchev–Trinajstić information content (AvgIpc) is 3.20. The van der Waals surface area contributed by atoms with E-state index in [1.54, 1.807) is 85.9 Å². The second-order valence-corrected chi connectivity index (χ2v) is 18.4. The lowest BCUT2D eigenvalue weighted by atomic mass is 9.85. The Kier molecular flexibility index (Phi) is 19.2. The number of alkyl carbamates (subject to hydrolysis) is 2. The molecule has 0 fully saturated rings. The van der Waals surface area contributed by atoms with Gasteiger partial charge in [0.15, 0.2) is 6.35 Å². The van der Waals surface area contributed by atoms with Crippen LogP contribution in [0.5, 0.6) is 5.75 Å². The highest BCUT2D eigenvalue weighted by molar-refractivity contribution is 7.53. The monoisotopic (exact) mass is 870 g/mol. The molecule has 0 spiro atoms. The molecule has 0 unspecified atom stereocenters. The smallest absolute Gasteiger partial charge is 0.407 e. The van der Waals surface area contributed by atoms with Crippen LogP contribution in [0.25, 0.3) is 11.3 Å². The third-order valence-electron chi connectivity index (χ3n) is 9.33. The summed E-state index contributed by atoms with van der Waals surface area (Å²) in [5.41, 5.74) is 4.47. The molecule has 5 N–H and O–H groups in total. The largest absolute Gasteiger partial charge is 0.481 e. The number of rotatable bonds is 21. The number of pyridine rings is 1. The van der Waals surface area contributed by atoms with Gasteiger partial charge in [-0.05, 0) is 66.5 Å². The highest BCUT2D eigenvalue weighted by Crippen LogP contribution is 2.47. The van der Waals surface area contributed by atoms with E-state index in [0.29, 0.717) is 11.3 Å². The summed E-state index contributed by atoms with van der Waals surface area (Å²) in [5.74, 6) is -0.767. The quantitative estimate of drug-likeness (QED) is 0.0632. The number of hydrogen-bond donors (Lipinski definition) is 5. The van der Waals surface area contributed by atoms with E-state index in [1.807, 2.05) is 42.5 Å². The zero-order valence-electron chi connectivity index (χ0n) is 36.9. The molecule has 18 heteroatoms. The van der Waals surface area contributed by atoms with Gasteiger partial charge in [-0.3, -0.25) is 24.6 Å². The van der Waals surface area contributed by atoms with Gasteiger partial charge in [0.1, 0.15) is 17.8 Å². The zero-order chi connectivity index (χ0) is 45.4. The molecule has 4 atom stereocenters. The van der Waals surface area contributed by atoms with E-state index in [2.05, 4.69) is 26.4 Å². The number of carbonyl (C=O) groups excluding carboxylic acids is 4. The van der Waals surface area contributed by atoms with E-state index in [1.165, 1.54) is 19.2 Å². The molecule has 336 valence electrons. The molecule has 0 aliphatic heterocycles. The standard InChI is InChI=1S/C43H63N6O11P/c1-11-59-61(55,60-12-2)28-58-32-22-18-29(19-23-32)25-34(45-38(51)36(42(3,4)5)46-40(53)56-9)35(50)27-49(48-39(52)37(43(6,7)8)47-41(54)57-10)26-30-16-20-31(21-17-30)33-15-13-14-24-44-33/h13-24,34-37,50H,11-12,25-28H2,1-10H3,(H,45,51)(H,46,53)(H,47,54)(H,48,52)/t34-,35-,36+,37+/m0/s1. The fraction of sp³-hybridized carbons (Fsp3) is 0.512. The van der Waals surface area contributed by atoms with Crippen LogP contribution in [0, 0.1) is 10.8 Å². The minimum Gasteiger partial charge on any atom is -0.481 e. The number of hydrogen-bond acceptors (Lipinski definition) is 13. The number of nitrogens with zero attached hydrogens (tertiary/aromatic N) is 2. The lowest BCUT2D eigenvalue weighted by Gasteiger charge is -2.35. The first-order valence-electron chi connectivity index (χ1n) is 20.0. The molecule has 0 saturated heterocycles. The van der Waals surface area contributed by atoms with Crippen LogP contribution >= 0.6 is 7.60 Å². The minimum atomic E-state index is -3.48. The number of aliphatic hydroxyl groups is 1. The maximum absolute atomic E-state index is 14.0. The Balaban J connectivity index is 2.00. The normalized spacial score (nSPS) is 13.9. The summed E-state index contributed by atoms with van der Waals surface area (Å²) >= 11 is 0. The Hall–Kier alpha value is -5.06. The number of methoxy groups -OCH3 is 2. The van der Waals surface area contributed by atoms with Crippen molar-refractivity contribution in [2.75, 3.05) is 40.3 Å². The van der Waals surface area contributed by atoms with Gasteiger partial charge in [0.25, 0.3) is 5.91 Å². The number of amides is 4. The molecule has 3 aromatic rings. The predicted octanol–water partition coefficient (Wildman–Crippen LogP) is 5.81. The van der Waals surface area contributed by atoms with Crippen molar-refractivity contribution in [3.8, 4) is 17.0 Å². The van der Waals surface area contributed by atoms with Gasteiger partial charge in [0.05, 0.1) is 45.3 Å². The Labute approximate surface area is 359 Å². The van der Waals surface area contributed by atoms with E-state index < -0.39 is 66.7 Å². The van der Waals surface area contributed by atoms with Gasteiger partial charge >= 0.3 is 19.8 Å². The van der Waals surface area contributed by atoms with E-state index in [-0.39, 0.29) is 39.1 Å². The number of carbonyl (C=O) groups is 4. The van der Waals surface area contributed by atoms with Gasteiger partial charge in [0, 0.05) is 24.8 Å². The van der Waals surface area contributed by atoms with Crippen molar-refractivity contribution in [3.05, 3.63) is 84.1 Å². The van der Waals surface area contributed by atoms with Gasteiger partial charge in [-0.15, -0.1) is 0 Å². The van der Waals surface area contributed by atoms with Crippen molar-refractivity contribution in [1.29, 1.82) is 0 Å². The molecular formula is C43H63N6O11P. The number of hydrazine groups is 1. The Bertz CT molecular complexity index is 1890. The van der Waals surface area contributed by atoms with Crippen LogP contribution in [0.3, 0.4) is 0 Å². The molecule has 0 saturated carbocycles. The number of benzene rings is 2. The molecule has 4 amide bonds. The Morgan fingerprint density at radius 2 is 1.30 bits per heavy atom. The second kappa shape index (κ2) is 23.2. The predicted molar refractivity (Wildman–Crippen MR) is 230 cm³/mol. The van der Waals surface area contributed by atoms with Gasteiger partial charge in [-0.2, -0.15) is 0 Å². The van der Waals surface area contributed by atoms with Crippen molar-refractivity contribution >= 4 is 31.6 Å². The van der Waals surface area contributed by atoms with Gasteiger partial charge < -0.3 is 44.3 Å². The van der Waals surface area contributed by atoms with Crippen LogP contribution in [0.2, 0.25) is 0 Å². The lowest BCUT2D eigenvalue weighted by molar-refractivity contribution is -0.132. The first-order chi connectivity index (χ1) is 28.7. The lowest BCUT2D eigenvalue weighted by Crippen LogP contribution is -2.60. The number of nitrogens with one attached hydrogen (secondary N) is 4. The summed E-state index contributed by atoms with van der Waals surface area (Å²) in [7, 11) is -1.09. The van der Waals surface area contributed by atoms with Crippen LogP contribution < -0.4 is 26.1 Å². The highest BCUT2D eigenvalue weighted by atomic mass is 31.2. The molecule has 2 aromatic carbocycles. The molecule has 0 aliphatic rings. The minimum absolute atomic E-state index is 0.0910. The van der Waals surface area contributed by atoms with E-state index in [0.717, 1.165) is 16.8 Å². The Morgan fingerprint density at radius 1 is 0.754 bits per heavy atom. The Morgan fingerprint density at radius 3 is 1.79 bits per heavy atom. The number of aromatic nitrogens is 1. The van der Waals surface area contributed by atoms with Crippen LogP contribution in [-0.4, -0.2) is 104 Å². The first kappa shape index (κ1) is 50.3. The SMILES string of the molecule is CCOP(=O)(COc1ccc(C[C@H](NC(=O)[C@@H](NC(=O)OC)C(C)(C)C)[C@@H](O)CN(Cc2ccc(-c3ccccn3)cc2)NC(=O)[C@@H](NC(=O)OC)C(C)(C)C)cc1)OCC. The van der Waals surface area contributed by atoms with Gasteiger partial charge in [-0.25, -0.2) is 14.6 Å². The maximum atomic E-state index is 14.0. The molecule has 17 nitrogen and oxygen atoms in total. The molecular weight excluding hydrogens is 807 g/mol. The van der Waals surface area contributed by atoms with Crippen LogP contribution in [0.1, 0.15) is 66.5 Å². The topological polar surface area (TPSA) is 216 Å². The fourth-order valence-electron chi connectivity index (χ4n) is 6.15. The first-order valence-corrected chi connectivity index (χ1v) is 21.8. The molecule has 1 aromatic heterocycles. The van der Waals surface area contributed by atoms with E-state index in [4.69, 9.17) is 23.3 Å². The van der Waals surface area contributed by atoms with Crippen molar-refractivity contribution in [2.45, 2.75) is 92.6 Å². The highest BCUT2D eigenvalue weighted by Gasteiger charge is 2.37. The molecule has 0 radical (unpaired) electrons. The zero-order valence-corrected chi connectivity index (χ0v) is 37.7. The third-order valence-corrected chi connectivity index (χ3v) is 11.1. The molecule has 1 heterocycles. The van der Waals surface area contributed by atoms with Gasteiger partial charge in [-0.1, -0.05) is 84.0 Å². The maximum Gasteiger partial charge on any atom is 0.407 e. The molecule has 0 bridgehead atoms. The average molecular weight is 871 g/mol. The van der Waals surface area contributed by atoms with Crippen molar-refractivity contribution in [3.63, 3.8) is 0 Å². The third kappa shape index (κ3) is 16.4. The molecule has 3 rings (SSSR count). The number of ether oxygens (including phenoxy) is 3. The summed E-state index contributed by atoms with van der Waals surface area (Å²) in [5, 5.41) is 21.8. The van der Waals surface area contributed by atoms with E-state index >= 15 is 0 Å². The summed E-state index contributed by atoms with van der Waals surface area (Å²) in [6.45, 7) is 14.4. The van der Waals surface area contributed by atoms with Gasteiger partial charge in [0.2, 0.25) is 5.91 Å².